The lowest BCUT2D eigenvalue weighted by atomic mass is 9.93. The fourth-order valence-corrected chi connectivity index (χ4v) is 3.85. The number of H-pyrrole nitrogens is 1. The molecule has 5 heteroatoms. The van der Waals surface area contributed by atoms with Crippen molar-refractivity contribution in [1.82, 2.24) is 10.3 Å². The lowest BCUT2D eigenvalue weighted by molar-refractivity contribution is 0.0933. The highest BCUT2D eigenvalue weighted by Crippen LogP contribution is 2.28. The van der Waals surface area contributed by atoms with Gasteiger partial charge >= 0.3 is 0 Å². The summed E-state index contributed by atoms with van der Waals surface area (Å²) in [6, 6.07) is 8.02. The van der Waals surface area contributed by atoms with Crippen LogP contribution < -0.4 is 10.1 Å². The van der Waals surface area contributed by atoms with Crippen molar-refractivity contribution in [3.05, 3.63) is 52.3 Å². The van der Waals surface area contributed by atoms with Gasteiger partial charge in [0.25, 0.3) is 5.91 Å². The van der Waals surface area contributed by atoms with Crippen LogP contribution in [0.4, 0.5) is 0 Å². The van der Waals surface area contributed by atoms with Crippen LogP contribution in [0.3, 0.4) is 0 Å². The van der Waals surface area contributed by atoms with Crippen molar-refractivity contribution >= 4 is 11.7 Å². The molecule has 1 atom stereocenters. The van der Waals surface area contributed by atoms with Crippen molar-refractivity contribution in [3.8, 4) is 5.75 Å². The van der Waals surface area contributed by atoms with Crippen LogP contribution in [0.25, 0.3) is 0 Å². The SMILES string of the molecule is Cc1c(C(=O)NCC2COc3ccccc3C2)[nH]c2c1C(=O)CCC2. The summed E-state index contributed by atoms with van der Waals surface area (Å²) in [7, 11) is 0. The molecular weight excluding hydrogens is 316 g/mol. The number of Topliss-reactive ketones (excluding diaryl/α,β-unsaturated/α-hetero) is 1. The smallest absolute Gasteiger partial charge is 0.268 e. The van der Waals surface area contributed by atoms with Gasteiger partial charge in [-0.15, -0.1) is 0 Å². The Balaban J connectivity index is 1.43. The molecule has 1 aromatic carbocycles. The first-order valence-corrected chi connectivity index (χ1v) is 8.87. The second-order valence-corrected chi connectivity index (χ2v) is 6.95. The van der Waals surface area contributed by atoms with E-state index in [0.717, 1.165) is 41.8 Å². The number of ether oxygens (including phenoxy) is 1. The number of hydrogen-bond acceptors (Lipinski definition) is 3. The molecule has 0 spiro atoms. The van der Waals surface area contributed by atoms with Crippen LogP contribution >= 0.6 is 0 Å². The topological polar surface area (TPSA) is 71.2 Å². The summed E-state index contributed by atoms with van der Waals surface area (Å²) in [6.07, 6.45) is 3.16. The minimum Gasteiger partial charge on any atom is -0.493 e. The summed E-state index contributed by atoms with van der Waals surface area (Å²) in [5.74, 6) is 1.20. The Kier molecular flexibility index (Phi) is 4.07. The second kappa shape index (κ2) is 6.39. The first-order chi connectivity index (χ1) is 12.1. The zero-order chi connectivity index (χ0) is 17.4. The van der Waals surface area contributed by atoms with E-state index in [-0.39, 0.29) is 17.6 Å². The summed E-state index contributed by atoms with van der Waals surface area (Å²) in [4.78, 5) is 27.9. The largest absolute Gasteiger partial charge is 0.493 e. The standard InChI is InChI=1S/C20H22N2O3/c1-12-18-15(6-4-7-16(18)23)22-19(12)20(24)21-10-13-9-14-5-2-3-8-17(14)25-11-13/h2-3,5,8,13,22H,4,6-7,9-11H2,1H3,(H,21,24). The molecule has 2 heterocycles. The van der Waals surface area contributed by atoms with Gasteiger partial charge in [-0.3, -0.25) is 9.59 Å². The van der Waals surface area contributed by atoms with Crippen LogP contribution in [0.5, 0.6) is 5.75 Å². The lowest BCUT2D eigenvalue weighted by Gasteiger charge is -2.25. The van der Waals surface area contributed by atoms with E-state index in [4.69, 9.17) is 4.74 Å². The van der Waals surface area contributed by atoms with Crippen molar-refractivity contribution in [2.24, 2.45) is 5.92 Å². The van der Waals surface area contributed by atoms with Gasteiger partial charge in [0.15, 0.2) is 5.78 Å². The van der Waals surface area contributed by atoms with Crippen LogP contribution in [-0.2, 0) is 12.8 Å². The van der Waals surface area contributed by atoms with Gasteiger partial charge in [0.2, 0.25) is 0 Å². The highest BCUT2D eigenvalue weighted by molar-refractivity contribution is 6.04. The van der Waals surface area contributed by atoms with Gasteiger partial charge in [0, 0.05) is 30.1 Å². The summed E-state index contributed by atoms with van der Waals surface area (Å²) in [5, 5.41) is 3.00. The fourth-order valence-electron chi connectivity index (χ4n) is 3.85. The van der Waals surface area contributed by atoms with Gasteiger partial charge in [-0.1, -0.05) is 18.2 Å². The summed E-state index contributed by atoms with van der Waals surface area (Å²) >= 11 is 0. The average Bonchev–Trinajstić information content (AvgIpc) is 2.97. The van der Waals surface area contributed by atoms with Gasteiger partial charge < -0.3 is 15.0 Å². The molecule has 1 aliphatic carbocycles. The zero-order valence-corrected chi connectivity index (χ0v) is 14.4. The molecule has 2 aliphatic rings. The average molecular weight is 338 g/mol. The predicted octanol–water partition coefficient (Wildman–Crippen LogP) is 2.82. The Morgan fingerprint density at radius 2 is 2.16 bits per heavy atom. The third-order valence-electron chi connectivity index (χ3n) is 5.17. The molecule has 0 radical (unpaired) electrons. The first-order valence-electron chi connectivity index (χ1n) is 8.87. The molecule has 2 N–H and O–H groups in total. The molecule has 1 aliphatic heterocycles. The molecular formula is C20H22N2O3. The Morgan fingerprint density at radius 1 is 1.32 bits per heavy atom. The Hall–Kier alpha value is -2.56. The third kappa shape index (κ3) is 2.95. The summed E-state index contributed by atoms with van der Waals surface area (Å²) in [6.45, 7) is 3.02. The summed E-state index contributed by atoms with van der Waals surface area (Å²) < 4.78 is 5.77. The van der Waals surface area contributed by atoms with Gasteiger partial charge in [-0.05, 0) is 43.4 Å². The van der Waals surface area contributed by atoms with Gasteiger partial charge in [-0.2, -0.15) is 0 Å². The van der Waals surface area contributed by atoms with E-state index in [9.17, 15) is 9.59 Å². The number of amides is 1. The number of benzene rings is 1. The van der Waals surface area contributed by atoms with Crippen LogP contribution in [-0.4, -0.2) is 29.8 Å². The first kappa shape index (κ1) is 15.9. The molecule has 1 aromatic heterocycles. The number of nitrogens with one attached hydrogen (secondary N) is 2. The van der Waals surface area contributed by atoms with Crippen molar-refractivity contribution in [1.29, 1.82) is 0 Å². The molecule has 5 nitrogen and oxygen atoms in total. The number of aromatic amines is 1. The number of ketones is 1. The minimum atomic E-state index is -0.140. The Bertz CT molecular complexity index is 837. The molecule has 0 fully saturated rings. The van der Waals surface area contributed by atoms with E-state index >= 15 is 0 Å². The van der Waals surface area contributed by atoms with Gasteiger partial charge in [0.05, 0.1) is 6.61 Å². The number of hydrogen-bond donors (Lipinski definition) is 2. The van der Waals surface area contributed by atoms with E-state index in [1.807, 2.05) is 25.1 Å². The highest BCUT2D eigenvalue weighted by atomic mass is 16.5. The molecule has 0 saturated carbocycles. The van der Waals surface area contributed by atoms with E-state index in [1.165, 1.54) is 5.56 Å². The minimum absolute atomic E-state index is 0.140. The van der Waals surface area contributed by atoms with E-state index in [0.29, 0.717) is 25.3 Å². The molecule has 1 unspecified atom stereocenters. The number of para-hydroxylation sites is 1. The second-order valence-electron chi connectivity index (χ2n) is 6.95. The van der Waals surface area contributed by atoms with Crippen molar-refractivity contribution < 1.29 is 14.3 Å². The van der Waals surface area contributed by atoms with Gasteiger partial charge in [-0.25, -0.2) is 0 Å². The van der Waals surface area contributed by atoms with Crippen molar-refractivity contribution in [2.45, 2.75) is 32.6 Å². The molecule has 4 rings (SSSR count). The highest BCUT2D eigenvalue weighted by Gasteiger charge is 2.27. The third-order valence-corrected chi connectivity index (χ3v) is 5.17. The Morgan fingerprint density at radius 3 is 3.00 bits per heavy atom. The number of fused-ring (bicyclic) bond motifs is 2. The Labute approximate surface area is 146 Å². The maximum atomic E-state index is 12.6. The van der Waals surface area contributed by atoms with Crippen LogP contribution in [0.1, 0.15) is 50.5 Å². The van der Waals surface area contributed by atoms with Crippen LogP contribution in [0.15, 0.2) is 24.3 Å². The van der Waals surface area contributed by atoms with E-state index < -0.39 is 0 Å². The number of carbonyl (C=O) groups excluding carboxylic acids is 2. The van der Waals surface area contributed by atoms with Crippen molar-refractivity contribution in [3.63, 3.8) is 0 Å². The fraction of sp³-hybridized carbons (Fsp3) is 0.400. The summed E-state index contributed by atoms with van der Waals surface area (Å²) in [5.41, 5.74) is 4.13. The maximum absolute atomic E-state index is 12.6. The number of aromatic nitrogens is 1. The quantitative estimate of drug-likeness (QED) is 0.904. The molecule has 0 bridgehead atoms. The zero-order valence-electron chi connectivity index (χ0n) is 14.4. The van der Waals surface area contributed by atoms with Gasteiger partial charge in [0.1, 0.15) is 11.4 Å². The number of aryl methyl sites for hydroxylation is 1. The van der Waals surface area contributed by atoms with Crippen LogP contribution in [0.2, 0.25) is 0 Å². The maximum Gasteiger partial charge on any atom is 0.268 e. The number of rotatable bonds is 3. The van der Waals surface area contributed by atoms with Crippen LogP contribution in [0, 0.1) is 12.8 Å². The van der Waals surface area contributed by atoms with E-state index in [1.54, 1.807) is 0 Å². The normalized spacial score (nSPS) is 18.9. The lowest BCUT2D eigenvalue weighted by Crippen LogP contribution is -2.35. The molecule has 130 valence electrons. The van der Waals surface area contributed by atoms with Crippen molar-refractivity contribution in [2.75, 3.05) is 13.2 Å². The molecule has 1 amide bonds. The monoisotopic (exact) mass is 338 g/mol. The van der Waals surface area contributed by atoms with E-state index in [2.05, 4.69) is 16.4 Å². The predicted molar refractivity (Wildman–Crippen MR) is 94.3 cm³/mol. The number of carbonyl (C=O) groups is 2. The molecule has 2 aromatic rings. The molecule has 25 heavy (non-hydrogen) atoms. The molecule has 0 saturated heterocycles.